The Balaban J connectivity index is 1.53. The summed E-state index contributed by atoms with van der Waals surface area (Å²) in [5.74, 6) is 0.144. The number of aromatic nitrogens is 2. The first-order valence-corrected chi connectivity index (χ1v) is 12.0. The second kappa shape index (κ2) is 10.6. The molecule has 1 amide bonds. The van der Waals surface area contributed by atoms with Crippen molar-refractivity contribution >= 4 is 39.9 Å². The highest BCUT2D eigenvalue weighted by molar-refractivity contribution is 6.03. The summed E-state index contributed by atoms with van der Waals surface area (Å²) in [7, 11) is 3.11. The molecular weight excluding hydrogens is 488 g/mol. The van der Waals surface area contributed by atoms with Crippen LogP contribution in [0.15, 0.2) is 66.9 Å². The van der Waals surface area contributed by atoms with Crippen LogP contribution in [0.25, 0.3) is 10.9 Å². The molecule has 1 fully saturated rings. The summed E-state index contributed by atoms with van der Waals surface area (Å²) in [4.78, 5) is 44.2. The molecule has 0 aliphatic carbocycles. The Morgan fingerprint density at radius 1 is 1.00 bits per heavy atom. The number of esters is 1. The zero-order valence-electron chi connectivity index (χ0n) is 21.0. The van der Waals surface area contributed by atoms with E-state index in [1.807, 2.05) is 24.3 Å². The van der Waals surface area contributed by atoms with E-state index < -0.39 is 5.97 Å². The molecule has 1 aliphatic rings. The van der Waals surface area contributed by atoms with E-state index >= 15 is 0 Å². The maximum atomic E-state index is 13.5. The second-order valence-corrected chi connectivity index (χ2v) is 8.70. The Morgan fingerprint density at radius 2 is 1.79 bits per heavy atom. The zero-order valence-corrected chi connectivity index (χ0v) is 21.0. The average molecular weight is 515 g/mol. The van der Waals surface area contributed by atoms with Crippen LogP contribution in [0.4, 0.5) is 11.4 Å². The van der Waals surface area contributed by atoms with Gasteiger partial charge in [0.25, 0.3) is 5.91 Å². The van der Waals surface area contributed by atoms with Crippen molar-refractivity contribution in [2.24, 2.45) is 0 Å². The summed E-state index contributed by atoms with van der Waals surface area (Å²) in [5, 5.41) is 4.10. The lowest BCUT2D eigenvalue weighted by Gasteiger charge is -2.26. The van der Waals surface area contributed by atoms with E-state index in [-0.39, 0.29) is 37.9 Å². The smallest absolute Gasteiger partial charge is 0.325 e. The van der Waals surface area contributed by atoms with Gasteiger partial charge in [-0.15, -0.1) is 0 Å². The number of ether oxygens (including phenoxy) is 3. The molecule has 38 heavy (non-hydrogen) atoms. The third-order valence-electron chi connectivity index (χ3n) is 6.30. The monoisotopic (exact) mass is 514 g/mol. The molecule has 194 valence electrons. The van der Waals surface area contributed by atoms with Crippen LogP contribution in [0.3, 0.4) is 0 Å². The van der Waals surface area contributed by atoms with Gasteiger partial charge in [-0.25, -0.2) is 4.98 Å². The summed E-state index contributed by atoms with van der Waals surface area (Å²) in [6.45, 7) is 0.222. The number of amides is 1. The van der Waals surface area contributed by atoms with E-state index in [0.29, 0.717) is 28.4 Å². The first-order valence-electron chi connectivity index (χ1n) is 12.0. The molecule has 10 nitrogen and oxygen atoms in total. The van der Waals surface area contributed by atoms with Crippen LogP contribution in [0, 0.1) is 0 Å². The first-order chi connectivity index (χ1) is 18.4. The number of Topliss-reactive ketones (excluding diaryl/α,β-unsaturated/α-hetero) is 1. The van der Waals surface area contributed by atoms with Crippen molar-refractivity contribution in [2.45, 2.75) is 6.54 Å². The highest BCUT2D eigenvalue weighted by Crippen LogP contribution is 2.28. The molecule has 3 heterocycles. The van der Waals surface area contributed by atoms with Gasteiger partial charge >= 0.3 is 5.97 Å². The molecule has 2 aromatic carbocycles. The molecule has 0 atom stereocenters. The minimum absolute atomic E-state index is 0.0677. The van der Waals surface area contributed by atoms with Gasteiger partial charge in [-0.2, -0.15) is 0 Å². The van der Waals surface area contributed by atoms with Crippen molar-refractivity contribution in [3.05, 3.63) is 78.1 Å². The van der Waals surface area contributed by atoms with Crippen molar-refractivity contribution in [2.75, 3.05) is 39.2 Å². The third kappa shape index (κ3) is 5.15. The van der Waals surface area contributed by atoms with E-state index in [4.69, 9.17) is 14.2 Å². The van der Waals surface area contributed by atoms with Crippen LogP contribution in [0.5, 0.6) is 11.6 Å². The van der Waals surface area contributed by atoms with Gasteiger partial charge in [0.05, 0.1) is 32.8 Å². The van der Waals surface area contributed by atoms with Crippen molar-refractivity contribution < 1.29 is 28.6 Å². The van der Waals surface area contributed by atoms with Gasteiger partial charge in [0.15, 0.2) is 5.78 Å². The summed E-state index contributed by atoms with van der Waals surface area (Å²) in [6, 6.07) is 17.8. The minimum atomic E-state index is -0.458. The van der Waals surface area contributed by atoms with Crippen molar-refractivity contribution in [3.63, 3.8) is 0 Å². The van der Waals surface area contributed by atoms with E-state index in [2.05, 4.69) is 10.3 Å². The maximum Gasteiger partial charge on any atom is 0.325 e. The molecule has 0 unspecified atom stereocenters. The number of carbonyl (C=O) groups is 3. The quantitative estimate of drug-likeness (QED) is 0.280. The standard InChI is InChI=1S/C28H26N4O6/c1-36-22-7-4-18(5-8-22)25(33)16-32-23-14-20(30-21-9-10-29-26(15-21)37-2)6-3-19(23)13-24(32)28(35)31-11-12-38-27(34)17-31/h3-10,13-15H,11-12,16-17H2,1-2H3,(H,29,30). The number of rotatable bonds is 8. The second-order valence-electron chi connectivity index (χ2n) is 8.70. The number of hydrogen-bond donors (Lipinski definition) is 1. The third-order valence-corrected chi connectivity index (χ3v) is 6.30. The number of methoxy groups -OCH3 is 2. The number of morpholine rings is 1. The lowest BCUT2D eigenvalue weighted by molar-refractivity contribution is -0.149. The molecule has 0 saturated carbocycles. The zero-order chi connectivity index (χ0) is 26.6. The molecule has 1 saturated heterocycles. The van der Waals surface area contributed by atoms with E-state index in [1.54, 1.807) is 61.4 Å². The van der Waals surface area contributed by atoms with Crippen molar-refractivity contribution in [1.82, 2.24) is 14.5 Å². The number of ketones is 1. The SMILES string of the molecule is COc1ccc(C(=O)Cn2c(C(=O)N3CCOC(=O)C3)cc3ccc(Nc4ccnc(OC)c4)cc32)cc1. The number of carbonyl (C=O) groups excluding carboxylic acids is 3. The molecule has 1 N–H and O–H groups in total. The number of hydrogen-bond acceptors (Lipinski definition) is 8. The van der Waals surface area contributed by atoms with Crippen molar-refractivity contribution in [3.8, 4) is 11.6 Å². The van der Waals surface area contributed by atoms with Gasteiger partial charge in [0.1, 0.15) is 24.6 Å². The number of anilines is 2. The van der Waals surface area contributed by atoms with E-state index in [9.17, 15) is 14.4 Å². The highest BCUT2D eigenvalue weighted by atomic mass is 16.5. The van der Waals surface area contributed by atoms with Gasteiger partial charge in [0, 0.05) is 34.6 Å². The normalized spacial score (nSPS) is 13.2. The lowest BCUT2D eigenvalue weighted by Crippen LogP contribution is -2.44. The molecule has 10 heteroatoms. The highest BCUT2D eigenvalue weighted by Gasteiger charge is 2.27. The van der Waals surface area contributed by atoms with E-state index in [1.165, 1.54) is 4.90 Å². The predicted molar refractivity (Wildman–Crippen MR) is 140 cm³/mol. The molecule has 0 bridgehead atoms. The fraction of sp³-hybridized carbons (Fsp3) is 0.214. The fourth-order valence-corrected chi connectivity index (χ4v) is 4.34. The number of nitrogens with one attached hydrogen (secondary N) is 1. The van der Waals surface area contributed by atoms with Crippen LogP contribution in [0.1, 0.15) is 20.8 Å². The topological polar surface area (TPSA) is 112 Å². The van der Waals surface area contributed by atoms with Gasteiger partial charge in [0.2, 0.25) is 5.88 Å². The first kappa shape index (κ1) is 24.8. The average Bonchev–Trinajstić information content (AvgIpc) is 3.30. The van der Waals surface area contributed by atoms with Crippen LogP contribution >= 0.6 is 0 Å². The fourth-order valence-electron chi connectivity index (χ4n) is 4.34. The molecule has 2 aromatic heterocycles. The molecule has 0 radical (unpaired) electrons. The Hall–Kier alpha value is -4.86. The van der Waals surface area contributed by atoms with Crippen LogP contribution in [-0.2, 0) is 16.1 Å². The van der Waals surface area contributed by atoms with E-state index in [0.717, 1.165) is 16.8 Å². The molecule has 1 aliphatic heterocycles. The molecule has 4 aromatic rings. The van der Waals surface area contributed by atoms with Crippen LogP contribution < -0.4 is 14.8 Å². The largest absolute Gasteiger partial charge is 0.497 e. The number of cyclic esters (lactones) is 1. The Bertz CT molecular complexity index is 1510. The Labute approximate surface area is 218 Å². The Morgan fingerprint density at radius 3 is 2.53 bits per heavy atom. The molecular formula is C28H26N4O6. The molecule has 5 rings (SSSR count). The summed E-state index contributed by atoms with van der Waals surface area (Å²) in [6.07, 6.45) is 1.64. The summed E-state index contributed by atoms with van der Waals surface area (Å²) in [5.41, 5.74) is 3.03. The maximum absolute atomic E-state index is 13.5. The van der Waals surface area contributed by atoms with Crippen LogP contribution in [0.2, 0.25) is 0 Å². The number of benzene rings is 2. The lowest BCUT2D eigenvalue weighted by atomic mass is 10.1. The van der Waals surface area contributed by atoms with Gasteiger partial charge in [-0.1, -0.05) is 6.07 Å². The number of pyridine rings is 1. The number of fused-ring (bicyclic) bond motifs is 1. The summed E-state index contributed by atoms with van der Waals surface area (Å²) < 4.78 is 17.1. The predicted octanol–water partition coefficient (Wildman–Crippen LogP) is 3.68. The molecule has 0 spiro atoms. The van der Waals surface area contributed by atoms with Gasteiger partial charge in [-0.3, -0.25) is 14.4 Å². The van der Waals surface area contributed by atoms with Crippen molar-refractivity contribution in [1.29, 1.82) is 0 Å². The van der Waals surface area contributed by atoms with Crippen LogP contribution in [-0.4, -0.2) is 66.0 Å². The Kier molecular flexibility index (Phi) is 6.94. The van der Waals surface area contributed by atoms with Gasteiger partial charge in [-0.05, 0) is 48.5 Å². The number of nitrogens with zero attached hydrogens (tertiary/aromatic N) is 3. The summed E-state index contributed by atoms with van der Waals surface area (Å²) >= 11 is 0. The van der Waals surface area contributed by atoms with Gasteiger partial charge < -0.3 is 29.0 Å². The minimum Gasteiger partial charge on any atom is -0.497 e.